The molecule has 0 aliphatic rings. The van der Waals surface area contributed by atoms with Crippen molar-refractivity contribution >= 4 is 46.7 Å². The van der Waals surface area contributed by atoms with Gasteiger partial charge in [-0.15, -0.1) is 12.4 Å². The fourth-order valence-electron chi connectivity index (χ4n) is 2.86. The molecular weight excluding hydrogens is 410 g/mol. The third kappa shape index (κ3) is 5.11. The van der Waals surface area contributed by atoms with Gasteiger partial charge in [0.25, 0.3) is 5.91 Å². The first-order valence-electron chi connectivity index (χ1n) is 8.74. The Kier molecular flexibility index (Phi) is 7.46. The van der Waals surface area contributed by atoms with Gasteiger partial charge in [-0.25, -0.2) is 4.79 Å². The number of carboxylic acids is 1. The minimum atomic E-state index is -1.07. The monoisotopic (exact) mass is 429 g/mol. The number of methoxy groups -OCH3 is 1. The lowest BCUT2D eigenvalue weighted by atomic mass is 10.0. The highest BCUT2D eigenvalue weighted by Crippen LogP contribution is 2.21. The predicted molar refractivity (Wildman–Crippen MR) is 114 cm³/mol. The average Bonchev–Trinajstić information content (AvgIpc) is 2.73. The second-order valence-corrected chi connectivity index (χ2v) is 6.41. The lowest BCUT2D eigenvalue weighted by molar-refractivity contribution is -0.138. The Morgan fingerprint density at radius 1 is 1.13 bits per heavy atom. The van der Waals surface area contributed by atoms with Crippen LogP contribution in [-0.2, 0) is 16.0 Å². The van der Waals surface area contributed by atoms with Gasteiger partial charge in [-0.2, -0.15) is 0 Å². The van der Waals surface area contributed by atoms with E-state index in [-0.39, 0.29) is 24.7 Å². The first-order chi connectivity index (χ1) is 13.9. The number of halogens is 1. The van der Waals surface area contributed by atoms with Gasteiger partial charge in [-0.3, -0.25) is 14.6 Å². The maximum Gasteiger partial charge on any atom is 0.340 e. The molecule has 0 aliphatic carbocycles. The fraction of sp³-hybridized carbons (Fsp3) is 0.143. The van der Waals surface area contributed by atoms with Crippen LogP contribution in [0.1, 0.15) is 26.3 Å². The minimum Gasteiger partial charge on any atom is -0.480 e. The molecule has 156 valence electrons. The summed E-state index contributed by atoms with van der Waals surface area (Å²) in [7, 11) is 1.30. The topological polar surface area (TPSA) is 132 Å². The quantitative estimate of drug-likeness (QED) is 0.513. The van der Waals surface area contributed by atoms with Crippen LogP contribution in [0.5, 0.6) is 0 Å². The number of nitrogens with zero attached hydrogens (tertiary/aromatic N) is 1. The van der Waals surface area contributed by atoms with Crippen LogP contribution in [0.4, 0.5) is 5.69 Å². The van der Waals surface area contributed by atoms with Crippen LogP contribution in [0.3, 0.4) is 0 Å². The number of carbonyl (C=O) groups excluding carboxylic acids is 2. The van der Waals surface area contributed by atoms with Crippen molar-refractivity contribution in [3.05, 3.63) is 71.5 Å². The zero-order valence-corrected chi connectivity index (χ0v) is 16.8. The number of nitrogens with one attached hydrogen (secondary N) is 1. The van der Waals surface area contributed by atoms with Crippen LogP contribution in [0.15, 0.2) is 54.9 Å². The molecule has 2 aromatic carbocycles. The number of esters is 1. The average molecular weight is 430 g/mol. The number of pyridine rings is 1. The first kappa shape index (κ1) is 22.8. The molecule has 0 radical (unpaired) electrons. The van der Waals surface area contributed by atoms with E-state index in [9.17, 15) is 14.4 Å². The van der Waals surface area contributed by atoms with Gasteiger partial charge in [0.15, 0.2) is 0 Å². The van der Waals surface area contributed by atoms with Crippen molar-refractivity contribution < 1.29 is 24.2 Å². The molecule has 1 amide bonds. The molecule has 8 nitrogen and oxygen atoms in total. The number of fused-ring (bicyclic) bond motifs is 1. The zero-order chi connectivity index (χ0) is 21.0. The Bertz CT molecular complexity index is 1090. The molecule has 0 saturated carbocycles. The minimum absolute atomic E-state index is 0. The van der Waals surface area contributed by atoms with Gasteiger partial charge < -0.3 is 20.9 Å². The molecule has 0 saturated heterocycles. The number of hydrogen-bond donors (Lipinski definition) is 3. The van der Waals surface area contributed by atoms with E-state index in [1.165, 1.54) is 13.3 Å². The summed E-state index contributed by atoms with van der Waals surface area (Å²) in [5.41, 5.74) is 7.56. The highest BCUT2D eigenvalue weighted by Gasteiger charge is 2.14. The van der Waals surface area contributed by atoms with Gasteiger partial charge in [-0.1, -0.05) is 18.2 Å². The van der Waals surface area contributed by atoms with E-state index in [4.69, 9.17) is 15.6 Å². The van der Waals surface area contributed by atoms with Crippen LogP contribution in [0.25, 0.3) is 10.8 Å². The number of benzene rings is 2. The first-order valence-corrected chi connectivity index (χ1v) is 8.74. The number of rotatable bonds is 6. The van der Waals surface area contributed by atoms with Gasteiger partial charge in [0, 0.05) is 29.0 Å². The number of ether oxygens (including phenoxy) is 1. The maximum absolute atomic E-state index is 12.6. The number of nitrogens with two attached hydrogens (primary N) is 1. The molecule has 4 N–H and O–H groups in total. The molecule has 3 aromatic rings. The maximum atomic E-state index is 12.6. The summed E-state index contributed by atoms with van der Waals surface area (Å²) in [6.45, 7) is 0. The predicted octanol–water partition coefficient (Wildman–Crippen LogP) is 2.65. The Morgan fingerprint density at radius 2 is 1.83 bits per heavy atom. The van der Waals surface area contributed by atoms with E-state index in [1.54, 1.807) is 48.7 Å². The van der Waals surface area contributed by atoms with Crippen LogP contribution < -0.4 is 11.1 Å². The smallest absolute Gasteiger partial charge is 0.340 e. The van der Waals surface area contributed by atoms with Crippen molar-refractivity contribution in [3.8, 4) is 0 Å². The fourth-order valence-corrected chi connectivity index (χ4v) is 2.86. The number of carbonyl (C=O) groups is 3. The lowest BCUT2D eigenvalue weighted by Gasteiger charge is -2.10. The number of aromatic nitrogens is 1. The summed E-state index contributed by atoms with van der Waals surface area (Å²) in [5.74, 6) is -1.89. The number of carboxylic acid groups (broad SMARTS) is 1. The molecule has 0 spiro atoms. The van der Waals surface area contributed by atoms with Crippen molar-refractivity contribution in [2.45, 2.75) is 12.5 Å². The number of aliphatic carboxylic acids is 1. The summed E-state index contributed by atoms with van der Waals surface area (Å²) >= 11 is 0. The van der Waals surface area contributed by atoms with Crippen LogP contribution in [-0.4, -0.2) is 41.1 Å². The van der Waals surface area contributed by atoms with Crippen LogP contribution in [0.2, 0.25) is 0 Å². The number of amides is 1. The van der Waals surface area contributed by atoms with Crippen molar-refractivity contribution in [2.24, 2.45) is 5.73 Å². The third-order valence-corrected chi connectivity index (χ3v) is 4.41. The Morgan fingerprint density at radius 3 is 2.47 bits per heavy atom. The molecule has 9 heteroatoms. The van der Waals surface area contributed by atoms with E-state index in [0.29, 0.717) is 27.6 Å². The summed E-state index contributed by atoms with van der Waals surface area (Å²) < 4.78 is 4.75. The van der Waals surface area contributed by atoms with Gasteiger partial charge in [-0.05, 0) is 41.6 Å². The Hall–Kier alpha value is -3.49. The van der Waals surface area contributed by atoms with Crippen molar-refractivity contribution in [3.63, 3.8) is 0 Å². The summed E-state index contributed by atoms with van der Waals surface area (Å²) in [4.78, 5) is 39.3. The molecule has 30 heavy (non-hydrogen) atoms. The second-order valence-electron chi connectivity index (χ2n) is 6.41. The molecule has 0 fully saturated rings. The molecule has 0 aliphatic heterocycles. The number of hydrogen-bond acceptors (Lipinski definition) is 6. The lowest BCUT2D eigenvalue weighted by Crippen LogP contribution is -2.32. The van der Waals surface area contributed by atoms with Gasteiger partial charge in [0.2, 0.25) is 0 Å². The van der Waals surface area contributed by atoms with E-state index < -0.39 is 18.0 Å². The molecule has 1 heterocycles. The zero-order valence-electron chi connectivity index (χ0n) is 16.0. The highest BCUT2D eigenvalue weighted by atomic mass is 35.5. The highest BCUT2D eigenvalue weighted by molar-refractivity contribution is 6.09. The molecular formula is C21H20ClN3O5. The number of anilines is 1. The molecule has 0 bridgehead atoms. The van der Waals surface area contributed by atoms with Gasteiger partial charge in [0.05, 0.1) is 12.7 Å². The second kappa shape index (κ2) is 9.82. The van der Waals surface area contributed by atoms with Crippen molar-refractivity contribution in [1.29, 1.82) is 0 Å². The normalized spacial score (nSPS) is 11.3. The van der Waals surface area contributed by atoms with Gasteiger partial charge >= 0.3 is 11.9 Å². The van der Waals surface area contributed by atoms with Crippen molar-refractivity contribution in [1.82, 2.24) is 4.98 Å². The summed E-state index contributed by atoms with van der Waals surface area (Å²) in [5, 5.41) is 12.9. The standard InChI is InChI=1S/C21H19N3O5.ClH/c1-29-21(28)17-11-23-10-14-9-13(4-7-16(14)17)19(25)24-15-5-2-12(3-6-15)8-18(22)20(26)27;/h2-7,9-11,18H,8,22H2,1H3,(H,24,25)(H,26,27);1H/t18-;/m0./s1. The van der Waals surface area contributed by atoms with E-state index in [2.05, 4.69) is 10.3 Å². The van der Waals surface area contributed by atoms with E-state index in [1.807, 2.05) is 0 Å². The van der Waals surface area contributed by atoms with Gasteiger partial charge in [0.1, 0.15) is 6.04 Å². The van der Waals surface area contributed by atoms with Crippen molar-refractivity contribution in [2.75, 3.05) is 12.4 Å². The molecule has 1 atom stereocenters. The van der Waals surface area contributed by atoms with Crippen LogP contribution in [0, 0.1) is 0 Å². The SMILES string of the molecule is COC(=O)c1cncc2cc(C(=O)Nc3ccc(C[C@H](N)C(=O)O)cc3)ccc12.Cl. The molecule has 1 aromatic heterocycles. The van der Waals surface area contributed by atoms with Crippen LogP contribution >= 0.6 is 12.4 Å². The summed E-state index contributed by atoms with van der Waals surface area (Å²) in [6.07, 6.45) is 3.19. The third-order valence-electron chi connectivity index (χ3n) is 4.41. The molecule has 0 unspecified atom stereocenters. The molecule has 3 rings (SSSR count). The largest absolute Gasteiger partial charge is 0.480 e. The Balaban J connectivity index is 0.00000320. The van der Waals surface area contributed by atoms with E-state index in [0.717, 1.165) is 5.56 Å². The summed E-state index contributed by atoms with van der Waals surface area (Å²) in [6, 6.07) is 10.7. The van der Waals surface area contributed by atoms with E-state index >= 15 is 0 Å². The Labute approximate surface area is 178 Å².